The zero-order chi connectivity index (χ0) is 24.8. The summed E-state index contributed by atoms with van der Waals surface area (Å²) in [5.74, 6) is 1.01. The first-order chi connectivity index (χ1) is 16.5. The van der Waals surface area contributed by atoms with Crippen molar-refractivity contribution in [2.24, 2.45) is 11.7 Å². The first-order valence-corrected chi connectivity index (χ1v) is 13.1. The third-order valence-corrected chi connectivity index (χ3v) is 6.99. The molecule has 0 radical (unpaired) electrons. The van der Waals surface area contributed by atoms with Crippen molar-refractivity contribution < 1.29 is 5.11 Å². The number of aliphatic hydroxyl groups is 1. The minimum atomic E-state index is 0.319. The lowest BCUT2D eigenvalue weighted by Gasteiger charge is -2.42. The smallest absolute Gasteiger partial charge is 0.0428 e. The lowest BCUT2D eigenvalue weighted by atomic mass is 9.84. The molecule has 2 aromatic rings. The van der Waals surface area contributed by atoms with Crippen LogP contribution in [0.4, 0.5) is 5.69 Å². The highest BCUT2D eigenvalue weighted by molar-refractivity contribution is 5.60. The van der Waals surface area contributed by atoms with Crippen LogP contribution in [-0.2, 0) is 0 Å². The molecule has 0 aromatic heterocycles. The van der Waals surface area contributed by atoms with Crippen LogP contribution in [0.2, 0.25) is 0 Å². The Hall–Kier alpha value is -2.30. The molecule has 0 atom stereocenters. The van der Waals surface area contributed by atoms with E-state index in [2.05, 4.69) is 53.6 Å². The van der Waals surface area contributed by atoms with Crippen molar-refractivity contribution in [3.8, 4) is 0 Å². The summed E-state index contributed by atoms with van der Waals surface area (Å²) in [6.07, 6.45) is 8.04. The number of nitrogens with two attached hydrogens (primary N) is 1. The van der Waals surface area contributed by atoms with Crippen LogP contribution >= 0.6 is 0 Å². The van der Waals surface area contributed by atoms with E-state index in [0.29, 0.717) is 12.3 Å². The maximum Gasteiger partial charge on any atom is 0.0428 e. The molecule has 1 saturated heterocycles. The van der Waals surface area contributed by atoms with Gasteiger partial charge in [-0.15, -0.1) is 0 Å². The van der Waals surface area contributed by atoms with Crippen LogP contribution in [0.25, 0.3) is 5.70 Å². The van der Waals surface area contributed by atoms with Gasteiger partial charge < -0.3 is 15.7 Å². The summed E-state index contributed by atoms with van der Waals surface area (Å²) < 4.78 is 0. The maximum atomic E-state index is 7.88. The number of piperazine rings is 1. The van der Waals surface area contributed by atoms with Crippen molar-refractivity contribution in [1.29, 1.82) is 0 Å². The molecule has 1 saturated carbocycles. The van der Waals surface area contributed by atoms with Crippen LogP contribution < -0.4 is 10.6 Å². The van der Waals surface area contributed by atoms with Crippen molar-refractivity contribution in [1.82, 2.24) is 4.90 Å². The number of aryl methyl sites for hydroxylation is 1. The number of hydrogen-bond acceptors (Lipinski definition) is 4. The minimum absolute atomic E-state index is 0.319. The Morgan fingerprint density at radius 3 is 1.94 bits per heavy atom. The molecule has 4 heteroatoms. The zero-order valence-electron chi connectivity index (χ0n) is 21.8. The molecule has 34 heavy (non-hydrogen) atoms. The van der Waals surface area contributed by atoms with Crippen LogP contribution in [0, 0.1) is 12.8 Å². The molecule has 2 fully saturated rings. The van der Waals surface area contributed by atoms with Crippen molar-refractivity contribution >= 4 is 11.4 Å². The number of benzene rings is 2. The van der Waals surface area contributed by atoms with Gasteiger partial charge in [-0.2, -0.15) is 0 Å². The zero-order valence-corrected chi connectivity index (χ0v) is 21.8. The molecular weight excluding hydrogens is 418 g/mol. The number of aliphatic hydroxyl groups excluding tert-OH is 1. The lowest BCUT2D eigenvalue weighted by molar-refractivity contribution is 0.128. The Kier molecular flexibility index (Phi) is 12.8. The highest BCUT2D eigenvalue weighted by Gasteiger charge is 2.27. The quantitative estimate of drug-likeness (QED) is 0.561. The van der Waals surface area contributed by atoms with Gasteiger partial charge in [0.25, 0.3) is 0 Å². The average molecular weight is 466 g/mol. The van der Waals surface area contributed by atoms with E-state index in [4.69, 9.17) is 10.8 Å². The highest BCUT2D eigenvalue weighted by atomic mass is 16.2. The van der Waals surface area contributed by atoms with Gasteiger partial charge in [0.1, 0.15) is 0 Å². The molecule has 4 rings (SSSR count). The Morgan fingerprint density at radius 2 is 1.47 bits per heavy atom. The van der Waals surface area contributed by atoms with Gasteiger partial charge in [-0.3, -0.25) is 4.90 Å². The lowest BCUT2D eigenvalue weighted by Crippen LogP contribution is -2.51. The van der Waals surface area contributed by atoms with Crippen molar-refractivity contribution in [2.75, 3.05) is 37.7 Å². The average Bonchev–Trinajstić information content (AvgIpc) is 2.90. The standard InChI is InChI=1S/C18H28N2.C9H11N.C3H8O/c1-2-16-8-10-18(11-9-16)20-14-12-19(13-15-20)17-6-4-3-5-7-17;1-7-3-5-9(6-4-7)8(2)10;1-2-3-4/h3-7,16,18H,2,8-15H2,1H3;3-6H,2,10H2,1H3;4H,2-3H2,1H3. The van der Waals surface area contributed by atoms with E-state index in [1.54, 1.807) is 0 Å². The first kappa shape index (κ1) is 27.9. The molecule has 2 aromatic carbocycles. The summed E-state index contributed by atoms with van der Waals surface area (Å²) in [6.45, 7) is 15.2. The number of para-hydroxylation sites is 1. The van der Waals surface area contributed by atoms with E-state index < -0.39 is 0 Å². The molecule has 1 aliphatic heterocycles. The van der Waals surface area contributed by atoms with E-state index >= 15 is 0 Å². The maximum absolute atomic E-state index is 7.88. The SMILES string of the molecule is C=C(N)c1ccc(C)cc1.CCC1CCC(N2CCN(c3ccccc3)CC2)CC1.CCCO. The number of anilines is 1. The molecule has 1 heterocycles. The Bertz CT molecular complexity index is 788. The first-order valence-electron chi connectivity index (χ1n) is 13.1. The van der Waals surface area contributed by atoms with Crippen LogP contribution in [0.15, 0.2) is 61.2 Å². The van der Waals surface area contributed by atoms with Gasteiger partial charge in [-0.05, 0) is 62.6 Å². The van der Waals surface area contributed by atoms with Crippen LogP contribution in [0.5, 0.6) is 0 Å². The van der Waals surface area contributed by atoms with Crippen molar-refractivity contribution in [2.45, 2.75) is 65.3 Å². The fraction of sp³-hybridized carbons (Fsp3) is 0.533. The molecule has 0 spiro atoms. The van der Waals surface area contributed by atoms with Crippen molar-refractivity contribution in [3.63, 3.8) is 0 Å². The summed E-state index contributed by atoms with van der Waals surface area (Å²) in [6, 6.07) is 19.7. The molecule has 0 bridgehead atoms. The van der Waals surface area contributed by atoms with Crippen LogP contribution in [0.3, 0.4) is 0 Å². The van der Waals surface area contributed by atoms with Gasteiger partial charge in [0.05, 0.1) is 0 Å². The van der Waals surface area contributed by atoms with Gasteiger partial charge >= 0.3 is 0 Å². The molecule has 0 unspecified atom stereocenters. The van der Waals surface area contributed by atoms with Gasteiger partial charge in [-0.1, -0.05) is 74.9 Å². The predicted octanol–water partition coefficient (Wildman–Crippen LogP) is 6.09. The molecular formula is C30H47N3O. The molecule has 4 nitrogen and oxygen atoms in total. The molecule has 1 aliphatic carbocycles. The van der Waals surface area contributed by atoms with Gasteiger partial charge in [0.15, 0.2) is 0 Å². The van der Waals surface area contributed by atoms with E-state index in [9.17, 15) is 0 Å². The molecule has 3 N–H and O–H groups in total. The monoisotopic (exact) mass is 465 g/mol. The number of rotatable bonds is 5. The van der Waals surface area contributed by atoms with E-state index in [1.807, 2.05) is 38.1 Å². The highest BCUT2D eigenvalue weighted by Crippen LogP contribution is 2.30. The topological polar surface area (TPSA) is 52.7 Å². The summed E-state index contributed by atoms with van der Waals surface area (Å²) in [5, 5.41) is 7.88. The summed E-state index contributed by atoms with van der Waals surface area (Å²) >= 11 is 0. The second-order valence-electron chi connectivity index (χ2n) is 9.56. The van der Waals surface area contributed by atoms with Crippen LogP contribution in [-0.4, -0.2) is 48.8 Å². The van der Waals surface area contributed by atoms with Gasteiger partial charge in [-0.25, -0.2) is 0 Å². The number of nitrogens with zero attached hydrogens (tertiary/aromatic N) is 2. The van der Waals surface area contributed by atoms with Gasteiger partial charge in [0, 0.05) is 50.2 Å². The van der Waals surface area contributed by atoms with E-state index in [0.717, 1.165) is 23.9 Å². The predicted molar refractivity (Wildman–Crippen MR) is 148 cm³/mol. The summed E-state index contributed by atoms with van der Waals surface area (Å²) in [4.78, 5) is 5.29. The number of hydrogen-bond donors (Lipinski definition) is 2. The minimum Gasteiger partial charge on any atom is -0.399 e. The van der Waals surface area contributed by atoms with Gasteiger partial charge in [0.2, 0.25) is 0 Å². The Labute approximate surface area is 208 Å². The molecule has 188 valence electrons. The fourth-order valence-electron chi connectivity index (χ4n) is 4.67. The normalized spacial score (nSPS) is 20.4. The Morgan fingerprint density at radius 1 is 0.912 bits per heavy atom. The Balaban J connectivity index is 0.000000244. The third-order valence-electron chi connectivity index (χ3n) is 6.99. The fourth-order valence-corrected chi connectivity index (χ4v) is 4.67. The summed E-state index contributed by atoms with van der Waals surface area (Å²) in [7, 11) is 0. The second-order valence-corrected chi connectivity index (χ2v) is 9.56. The largest absolute Gasteiger partial charge is 0.399 e. The molecule has 0 amide bonds. The molecule has 2 aliphatic rings. The van der Waals surface area contributed by atoms with Crippen LogP contribution in [0.1, 0.15) is 63.5 Å². The van der Waals surface area contributed by atoms with E-state index in [-0.39, 0.29) is 0 Å². The van der Waals surface area contributed by atoms with E-state index in [1.165, 1.54) is 69.5 Å². The van der Waals surface area contributed by atoms with Crippen molar-refractivity contribution in [3.05, 3.63) is 72.3 Å². The second kappa shape index (κ2) is 15.6. The summed E-state index contributed by atoms with van der Waals surface area (Å²) in [5.41, 5.74) is 9.73. The third kappa shape index (κ3) is 9.52.